The number of carboxylic acid groups (broad SMARTS) is 1. The van der Waals surface area contributed by atoms with E-state index < -0.39 is 12.0 Å². The molecule has 3 aromatic carbocycles. The number of nitrogens with zero attached hydrogens (tertiary/aromatic N) is 2. The van der Waals surface area contributed by atoms with E-state index in [-0.39, 0.29) is 42.6 Å². The summed E-state index contributed by atoms with van der Waals surface area (Å²) in [5.41, 5.74) is 2.91. The van der Waals surface area contributed by atoms with Gasteiger partial charge in [0.1, 0.15) is 17.6 Å². The summed E-state index contributed by atoms with van der Waals surface area (Å²) in [5.74, 6) is 0.0354. The molecule has 0 bridgehead atoms. The van der Waals surface area contributed by atoms with E-state index in [0.29, 0.717) is 48.1 Å². The van der Waals surface area contributed by atoms with Crippen LogP contribution in [0.3, 0.4) is 0 Å². The van der Waals surface area contributed by atoms with Crippen LogP contribution in [0.4, 0.5) is 16.2 Å². The molecule has 3 atom stereocenters. The van der Waals surface area contributed by atoms with Crippen molar-refractivity contribution in [3.63, 3.8) is 0 Å². The van der Waals surface area contributed by atoms with Crippen molar-refractivity contribution in [3.05, 3.63) is 83.4 Å². The normalized spacial score (nSPS) is 17.4. The minimum absolute atomic E-state index is 0.0422. The first-order valence-corrected chi connectivity index (χ1v) is 14.5. The number of nitrogens with one attached hydrogen (secondary N) is 2. The van der Waals surface area contributed by atoms with Crippen molar-refractivity contribution in [2.75, 3.05) is 44.5 Å². The van der Waals surface area contributed by atoms with Crippen molar-refractivity contribution in [2.45, 2.75) is 39.0 Å². The molecule has 0 unspecified atom stereocenters. The van der Waals surface area contributed by atoms with Crippen LogP contribution in [0.5, 0.6) is 11.5 Å². The highest BCUT2D eigenvalue weighted by Gasteiger charge is 2.31. The molecule has 0 saturated heterocycles. The Labute approximate surface area is 257 Å². The number of urea groups is 1. The van der Waals surface area contributed by atoms with E-state index in [0.717, 1.165) is 5.56 Å². The Morgan fingerprint density at radius 1 is 1.07 bits per heavy atom. The number of anilines is 2. The molecule has 234 valence electrons. The van der Waals surface area contributed by atoms with Gasteiger partial charge in [0.05, 0.1) is 31.7 Å². The molecule has 4 rings (SSSR count). The number of carbonyl (C=O) groups excluding carboxylic acids is 2. The number of aliphatic hydroxyl groups is 1. The van der Waals surface area contributed by atoms with Crippen LogP contribution in [0, 0.1) is 5.92 Å². The third-order valence-electron chi connectivity index (χ3n) is 7.67. The average Bonchev–Trinajstić information content (AvgIpc) is 3.04. The van der Waals surface area contributed by atoms with E-state index in [1.54, 1.807) is 78.7 Å². The minimum Gasteiger partial charge on any atom is -0.497 e. The van der Waals surface area contributed by atoms with Crippen molar-refractivity contribution in [1.82, 2.24) is 9.80 Å². The Kier molecular flexibility index (Phi) is 10.8. The number of hydrogen-bond donors (Lipinski definition) is 4. The monoisotopic (exact) mass is 604 g/mol. The lowest BCUT2D eigenvalue weighted by Crippen LogP contribution is -2.47. The molecule has 0 aliphatic carbocycles. The first-order valence-electron chi connectivity index (χ1n) is 14.5. The minimum atomic E-state index is -0.969. The summed E-state index contributed by atoms with van der Waals surface area (Å²) in [6.45, 7) is 5.16. The number of methoxy groups -OCH3 is 1. The summed E-state index contributed by atoms with van der Waals surface area (Å²) in [5, 5.41) is 24.7. The van der Waals surface area contributed by atoms with Gasteiger partial charge in [0.2, 0.25) is 5.91 Å². The fourth-order valence-corrected chi connectivity index (χ4v) is 5.13. The molecule has 11 nitrogen and oxygen atoms in total. The maximum Gasteiger partial charge on any atom is 0.335 e. The van der Waals surface area contributed by atoms with Gasteiger partial charge in [-0.05, 0) is 74.1 Å². The zero-order valence-corrected chi connectivity index (χ0v) is 25.4. The van der Waals surface area contributed by atoms with Crippen LogP contribution in [0.15, 0.2) is 66.7 Å². The Bertz CT molecular complexity index is 1450. The molecule has 1 aliphatic rings. The number of amides is 3. The quantitative estimate of drug-likeness (QED) is 0.268. The molecule has 44 heavy (non-hydrogen) atoms. The highest BCUT2D eigenvalue weighted by molar-refractivity contribution is 6.00. The van der Waals surface area contributed by atoms with E-state index in [4.69, 9.17) is 9.47 Å². The topological polar surface area (TPSA) is 141 Å². The average molecular weight is 605 g/mol. The molecule has 0 saturated carbocycles. The molecule has 0 radical (unpaired) electrons. The highest BCUT2D eigenvalue weighted by Crippen LogP contribution is 2.29. The predicted molar refractivity (Wildman–Crippen MR) is 167 cm³/mol. The number of aromatic carboxylic acids is 1. The van der Waals surface area contributed by atoms with Gasteiger partial charge in [-0.2, -0.15) is 0 Å². The summed E-state index contributed by atoms with van der Waals surface area (Å²) < 4.78 is 11.7. The van der Waals surface area contributed by atoms with Crippen molar-refractivity contribution in [2.24, 2.45) is 5.92 Å². The lowest BCUT2D eigenvalue weighted by Gasteiger charge is -2.34. The number of ether oxygens (including phenoxy) is 2. The number of benzene rings is 3. The number of likely N-dealkylation sites (N-methyl/N-ethyl adjacent to an activating group) is 1. The first kappa shape index (κ1) is 32.3. The van der Waals surface area contributed by atoms with E-state index in [1.165, 1.54) is 0 Å². The Morgan fingerprint density at radius 3 is 2.36 bits per heavy atom. The van der Waals surface area contributed by atoms with Crippen LogP contribution < -0.4 is 20.1 Å². The van der Waals surface area contributed by atoms with Crippen molar-refractivity contribution < 1.29 is 34.1 Å². The SMILES string of the molecule is COc1ccc(NC(=O)Nc2ccc3c(c2)CC(=O)N([C@H](C)CO)C[C@@H](C)[C@H](CN(C)Cc2ccc(C(=O)O)cc2)O3)cc1. The van der Waals surface area contributed by atoms with Gasteiger partial charge in [0, 0.05) is 42.5 Å². The highest BCUT2D eigenvalue weighted by atomic mass is 16.5. The van der Waals surface area contributed by atoms with E-state index in [2.05, 4.69) is 15.5 Å². The van der Waals surface area contributed by atoms with Gasteiger partial charge in [-0.1, -0.05) is 19.1 Å². The molecule has 1 heterocycles. The van der Waals surface area contributed by atoms with Crippen LogP contribution in [0.25, 0.3) is 0 Å². The zero-order valence-electron chi connectivity index (χ0n) is 25.4. The predicted octanol–water partition coefficient (Wildman–Crippen LogP) is 4.32. The number of fused-ring (bicyclic) bond motifs is 1. The Morgan fingerprint density at radius 2 is 1.73 bits per heavy atom. The summed E-state index contributed by atoms with van der Waals surface area (Å²) in [4.78, 5) is 41.2. The summed E-state index contributed by atoms with van der Waals surface area (Å²) >= 11 is 0. The molecule has 3 amide bonds. The largest absolute Gasteiger partial charge is 0.497 e. The van der Waals surface area contributed by atoms with Crippen LogP contribution >= 0.6 is 0 Å². The van der Waals surface area contributed by atoms with Crippen molar-refractivity contribution in [3.8, 4) is 11.5 Å². The lowest BCUT2D eigenvalue weighted by molar-refractivity contribution is -0.134. The van der Waals surface area contributed by atoms with Gasteiger partial charge in [-0.3, -0.25) is 9.69 Å². The second-order valence-electron chi connectivity index (χ2n) is 11.2. The zero-order chi connectivity index (χ0) is 31.8. The summed E-state index contributed by atoms with van der Waals surface area (Å²) in [6, 6.07) is 18.1. The third-order valence-corrected chi connectivity index (χ3v) is 7.67. The van der Waals surface area contributed by atoms with Gasteiger partial charge in [-0.25, -0.2) is 9.59 Å². The molecule has 4 N–H and O–H groups in total. The van der Waals surface area contributed by atoms with Gasteiger partial charge >= 0.3 is 12.0 Å². The number of rotatable bonds is 10. The maximum atomic E-state index is 13.5. The van der Waals surface area contributed by atoms with Crippen LogP contribution in [0.1, 0.15) is 35.3 Å². The molecule has 3 aromatic rings. The molecule has 11 heteroatoms. The van der Waals surface area contributed by atoms with E-state index in [1.807, 2.05) is 20.9 Å². The lowest BCUT2D eigenvalue weighted by atomic mass is 10.0. The summed E-state index contributed by atoms with van der Waals surface area (Å²) in [6.07, 6.45) is -0.269. The second-order valence-corrected chi connectivity index (χ2v) is 11.2. The van der Waals surface area contributed by atoms with Crippen LogP contribution in [-0.4, -0.2) is 83.9 Å². The summed E-state index contributed by atoms with van der Waals surface area (Å²) in [7, 11) is 3.53. The molecule has 0 aromatic heterocycles. The van der Waals surface area contributed by atoms with Gasteiger partial charge < -0.3 is 35.2 Å². The standard InChI is InChI=1S/C33H40N4O7/c1-21-17-37(22(2)20-38)31(39)16-25-15-27(35-33(42)34-26-9-12-28(43-4)13-10-26)11-14-29(25)44-30(21)19-36(3)18-23-5-7-24(8-6-23)32(40)41/h5-15,21-22,30,38H,16-20H2,1-4H3,(H,40,41)(H2,34,35,42)/t21-,22-,30+/m1/s1. The first-order chi connectivity index (χ1) is 21.1. The van der Waals surface area contributed by atoms with Gasteiger partial charge in [0.25, 0.3) is 0 Å². The molecular weight excluding hydrogens is 564 g/mol. The number of hydrogen-bond acceptors (Lipinski definition) is 7. The fourth-order valence-electron chi connectivity index (χ4n) is 5.13. The molecule has 0 spiro atoms. The molecular formula is C33H40N4O7. The number of aliphatic hydroxyl groups excluding tert-OH is 1. The van der Waals surface area contributed by atoms with Gasteiger partial charge in [0.15, 0.2) is 0 Å². The molecule has 0 fully saturated rings. The van der Waals surface area contributed by atoms with E-state index in [9.17, 15) is 24.6 Å². The second kappa shape index (κ2) is 14.7. The maximum absolute atomic E-state index is 13.5. The molecule has 1 aliphatic heterocycles. The Balaban J connectivity index is 1.53. The fraction of sp³-hybridized carbons (Fsp3) is 0.364. The van der Waals surface area contributed by atoms with Crippen molar-refractivity contribution in [1.29, 1.82) is 0 Å². The van der Waals surface area contributed by atoms with Gasteiger partial charge in [-0.15, -0.1) is 0 Å². The van der Waals surface area contributed by atoms with Crippen LogP contribution in [-0.2, 0) is 17.8 Å². The Hall–Kier alpha value is -4.61. The van der Waals surface area contributed by atoms with E-state index >= 15 is 0 Å². The van der Waals surface area contributed by atoms with Crippen molar-refractivity contribution >= 4 is 29.3 Å². The third kappa shape index (κ3) is 8.48. The van der Waals surface area contributed by atoms with Crippen LogP contribution in [0.2, 0.25) is 0 Å². The number of carboxylic acids is 1. The number of carbonyl (C=O) groups is 3. The smallest absolute Gasteiger partial charge is 0.335 e.